The van der Waals surface area contributed by atoms with Gasteiger partial charge in [0, 0.05) is 27.2 Å². The maximum Gasteiger partial charge on any atom is 0.191 e. The van der Waals surface area contributed by atoms with Crippen LogP contribution in [0.4, 0.5) is 0 Å². The van der Waals surface area contributed by atoms with Gasteiger partial charge in [-0.15, -0.1) is 0 Å². The maximum atomic E-state index is 5.09. The van der Waals surface area contributed by atoms with Crippen molar-refractivity contribution in [2.45, 2.75) is 32.9 Å². The van der Waals surface area contributed by atoms with Gasteiger partial charge < -0.3 is 15.4 Å². The van der Waals surface area contributed by atoms with Crippen LogP contribution in [0.5, 0.6) is 0 Å². The fourth-order valence-electron chi connectivity index (χ4n) is 1.71. The number of guanidine groups is 1. The minimum Gasteiger partial charge on any atom is -0.380 e. The molecule has 0 aromatic heterocycles. The first-order valence-electron chi connectivity index (χ1n) is 6.81. The number of unbranched alkanes of at least 4 members (excludes halogenated alkanes) is 1. The van der Waals surface area contributed by atoms with Gasteiger partial charge in [0.2, 0.25) is 0 Å². The highest BCUT2D eigenvalue weighted by molar-refractivity contribution is 5.79. The molecular weight excluding hydrogens is 238 g/mol. The highest BCUT2D eigenvalue weighted by atomic mass is 16.5. The molecule has 0 radical (unpaired) electrons. The molecule has 0 saturated heterocycles. The van der Waals surface area contributed by atoms with Gasteiger partial charge in [-0.05, 0) is 17.5 Å². The van der Waals surface area contributed by atoms with Gasteiger partial charge in [0.05, 0.1) is 6.61 Å². The predicted molar refractivity (Wildman–Crippen MR) is 80.3 cm³/mol. The molecule has 0 heterocycles. The molecule has 4 heteroatoms. The Kier molecular flexibility index (Phi) is 7.66. The molecule has 0 aliphatic rings. The Morgan fingerprint density at radius 1 is 1.16 bits per heavy atom. The number of aliphatic imine (C=N–C) groups is 1. The van der Waals surface area contributed by atoms with E-state index in [4.69, 9.17) is 4.74 Å². The van der Waals surface area contributed by atoms with Crippen LogP contribution in [0.3, 0.4) is 0 Å². The first-order valence-corrected chi connectivity index (χ1v) is 6.81. The topological polar surface area (TPSA) is 45.7 Å². The van der Waals surface area contributed by atoms with Gasteiger partial charge in [0.25, 0.3) is 0 Å². The molecule has 19 heavy (non-hydrogen) atoms. The Morgan fingerprint density at radius 3 is 2.42 bits per heavy atom. The molecule has 106 valence electrons. The minimum absolute atomic E-state index is 0.661. The van der Waals surface area contributed by atoms with Crippen molar-refractivity contribution < 1.29 is 4.74 Å². The molecule has 4 nitrogen and oxygen atoms in total. The second-order valence-electron chi connectivity index (χ2n) is 4.46. The largest absolute Gasteiger partial charge is 0.380 e. The first kappa shape index (κ1) is 15.5. The summed E-state index contributed by atoms with van der Waals surface area (Å²) < 4.78 is 5.09. The van der Waals surface area contributed by atoms with Crippen LogP contribution in [0, 0.1) is 0 Å². The van der Waals surface area contributed by atoms with E-state index in [1.54, 1.807) is 14.2 Å². The summed E-state index contributed by atoms with van der Waals surface area (Å²) in [6.07, 6.45) is 2.34. The lowest BCUT2D eigenvalue weighted by atomic mass is 10.1. The van der Waals surface area contributed by atoms with Crippen molar-refractivity contribution in [3.63, 3.8) is 0 Å². The van der Waals surface area contributed by atoms with E-state index in [1.165, 1.54) is 17.5 Å². The number of nitrogens with zero attached hydrogens (tertiary/aromatic N) is 1. The molecule has 1 rings (SSSR count). The zero-order chi connectivity index (χ0) is 13.9. The highest BCUT2D eigenvalue weighted by Gasteiger charge is 1.98. The SMILES string of the molecule is CCCCNC(=NC)NCc1ccc(COC)cc1. The van der Waals surface area contributed by atoms with E-state index in [1.807, 2.05) is 0 Å². The van der Waals surface area contributed by atoms with E-state index in [-0.39, 0.29) is 0 Å². The molecule has 1 aromatic carbocycles. The van der Waals surface area contributed by atoms with Crippen molar-refractivity contribution in [3.05, 3.63) is 35.4 Å². The van der Waals surface area contributed by atoms with E-state index in [2.05, 4.69) is 46.8 Å². The standard InChI is InChI=1S/C15H25N3O/c1-4-5-10-17-15(16-2)18-11-13-6-8-14(9-7-13)12-19-3/h6-9H,4-5,10-12H2,1-3H3,(H2,16,17,18). The summed E-state index contributed by atoms with van der Waals surface area (Å²) in [7, 11) is 3.50. The first-order chi connectivity index (χ1) is 9.30. The van der Waals surface area contributed by atoms with E-state index in [9.17, 15) is 0 Å². The number of hydrogen-bond donors (Lipinski definition) is 2. The average molecular weight is 263 g/mol. The summed E-state index contributed by atoms with van der Waals surface area (Å²) in [4.78, 5) is 4.20. The van der Waals surface area contributed by atoms with Crippen LogP contribution in [0.25, 0.3) is 0 Å². The third-order valence-electron chi connectivity index (χ3n) is 2.84. The van der Waals surface area contributed by atoms with Gasteiger partial charge >= 0.3 is 0 Å². The molecule has 0 bridgehead atoms. The lowest BCUT2D eigenvalue weighted by Gasteiger charge is -2.11. The van der Waals surface area contributed by atoms with E-state index < -0.39 is 0 Å². The molecule has 0 aliphatic heterocycles. The second kappa shape index (κ2) is 9.39. The summed E-state index contributed by atoms with van der Waals surface area (Å²) in [5.74, 6) is 0.856. The summed E-state index contributed by atoms with van der Waals surface area (Å²) in [5, 5.41) is 6.59. The fourth-order valence-corrected chi connectivity index (χ4v) is 1.71. The Balaban J connectivity index is 2.37. The lowest BCUT2D eigenvalue weighted by Crippen LogP contribution is -2.37. The number of hydrogen-bond acceptors (Lipinski definition) is 2. The summed E-state index contributed by atoms with van der Waals surface area (Å²) >= 11 is 0. The Labute approximate surface area is 116 Å². The molecule has 0 fully saturated rings. The zero-order valence-electron chi connectivity index (χ0n) is 12.2. The quantitative estimate of drug-likeness (QED) is 0.451. The van der Waals surface area contributed by atoms with Gasteiger partial charge in [-0.25, -0.2) is 0 Å². The van der Waals surface area contributed by atoms with Crippen molar-refractivity contribution >= 4 is 5.96 Å². The van der Waals surface area contributed by atoms with Crippen LogP contribution in [0.2, 0.25) is 0 Å². The molecule has 0 aliphatic carbocycles. The van der Waals surface area contributed by atoms with E-state index >= 15 is 0 Å². The monoisotopic (exact) mass is 263 g/mol. The van der Waals surface area contributed by atoms with Crippen LogP contribution in [-0.2, 0) is 17.9 Å². The van der Waals surface area contributed by atoms with Gasteiger partial charge in [0.1, 0.15) is 0 Å². The molecule has 1 aromatic rings. The summed E-state index contributed by atoms with van der Waals surface area (Å²) in [5.41, 5.74) is 2.43. The maximum absolute atomic E-state index is 5.09. The number of methoxy groups -OCH3 is 1. The van der Waals surface area contributed by atoms with Gasteiger partial charge in [-0.3, -0.25) is 4.99 Å². The van der Waals surface area contributed by atoms with Crippen molar-refractivity contribution in [2.24, 2.45) is 4.99 Å². The Morgan fingerprint density at radius 2 is 1.84 bits per heavy atom. The van der Waals surface area contributed by atoms with Crippen LogP contribution < -0.4 is 10.6 Å². The van der Waals surface area contributed by atoms with Crippen LogP contribution >= 0.6 is 0 Å². The number of ether oxygens (including phenoxy) is 1. The van der Waals surface area contributed by atoms with E-state index in [0.717, 1.165) is 25.5 Å². The summed E-state index contributed by atoms with van der Waals surface area (Å²) in [6, 6.07) is 8.41. The molecule has 0 amide bonds. The summed E-state index contributed by atoms with van der Waals surface area (Å²) in [6.45, 7) is 4.58. The highest BCUT2D eigenvalue weighted by Crippen LogP contribution is 2.05. The molecule has 0 atom stereocenters. The third-order valence-corrected chi connectivity index (χ3v) is 2.84. The molecule has 2 N–H and O–H groups in total. The number of nitrogens with one attached hydrogen (secondary N) is 2. The molecule has 0 spiro atoms. The van der Waals surface area contributed by atoms with Crippen LogP contribution in [0.15, 0.2) is 29.3 Å². The van der Waals surface area contributed by atoms with Gasteiger partial charge in [-0.1, -0.05) is 37.6 Å². The third kappa shape index (κ3) is 6.25. The lowest BCUT2D eigenvalue weighted by molar-refractivity contribution is 0.185. The van der Waals surface area contributed by atoms with Crippen molar-refractivity contribution in [1.29, 1.82) is 0 Å². The van der Waals surface area contributed by atoms with Gasteiger partial charge in [0.15, 0.2) is 5.96 Å². The Hall–Kier alpha value is -1.55. The smallest absolute Gasteiger partial charge is 0.191 e. The minimum atomic E-state index is 0.661. The average Bonchev–Trinajstić information content (AvgIpc) is 2.44. The van der Waals surface area contributed by atoms with E-state index in [0.29, 0.717) is 6.61 Å². The molecule has 0 unspecified atom stereocenters. The van der Waals surface area contributed by atoms with Crippen molar-refractivity contribution in [1.82, 2.24) is 10.6 Å². The molecule has 0 saturated carbocycles. The van der Waals surface area contributed by atoms with Crippen LogP contribution in [0.1, 0.15) is 30.9 Å². The number of benzene rings is 1. The van der Waals surface area contributed by atoms with Crippen molar-refractivity contribution in [3.8, 4) is 0 Å². The van der Waals surface area contributed by atoms with Gasteiger partial charge in [-0.2, -0.15) is 0 Å². The van der Waals surface area contributed by atoms with Crippen LogP contribution in [-0.4, -0.2) is 26.7 Å². The second-order valence-corrected chi connectivity index (χ2v) is 4.46. The number of rotatable bonds is 7. The zero-order valence-corrected chi connectivity index (χ0v) is 12.2. The predicted octanol–water partition coefficient (Wildman–Crippen LogP) is 2.30. The fraction of sp³-hybridized carbons (Fsp3) is 0.533. The van der Waals surface area contributed by atoms with Crippen molar-refractivity contribution in [2.75, 3.05) is 20.7 Å². The normalized spacial score (nSPS) is 11.4. The molecular formula is C15H25N3O. The Bertz CT molecular complexity index is 373.